The van der Waals surface area contributed by atoms with Crippen LogP contribution in [-0.2, 0) is 14.3 Å². The molecule has 0 N–H and O–H groups in total. The van der Waals surface area contributed by atoms with Gasteiger partial charge in [0.15, 0.2) is 0 Å². The molecule has 118 valence electrons. The summed E-state index contributed by atoms with van der Waals surface area (Å²) >= 11 is 0. The predicted molar refractivity (Wildman–Crippen MR) is 79.6 cm³/mol. The highest BCUT2D eigenvalue weighted by Gasteiger charge is 2.21. The van der Waals surface area contributed by atoms with Crippen molar-refractivity contribution in [3.05, 3.63) is 18.7 Å². The van der Waals surface area contributed by atoms with E-state index in [9.17, 15) is 9.59 Å². The van der Waals surface area contributed by atoms with E-state index in [1.807, 2.05) is 10.8 Å². The fourth-order valence-electron chi connectivity index (χ4n) is 2.32. The van der Waals surface area contributed by atoms with Crippen LogP contribution in [0.1, 0.15) is 39.2 Å². The number of imidazole rings is 1. The maximum atomic E-state index is 12.3. The van der Waals surface area contributed by atoms with Crippen molar-refractivity contribution in [1.29, 1.82) is 0 Å². The van der Waals surface area contributed by atoms with Crippen LogP contribution in [0, 0.1) is 5.92 Å². The number of carbonyl (C=O) groups is 2. The Morgan fingerprint density at radius 3 is 2.67 bits per heavy atom. The molecule has 0 aliphatic carbocycles. The van der Waals surface area contributed by atoms with Crippen LogP contribution in [0.3, 0.4) is 0 Å². The number of amides is 1. The van der Waals surface area contributed by atoms with Crippen molar-refractivity contribution < 1.29 is 14.3 Å². The van der Waals surface area contributed by atoms with Crippen molar-refractivity contribution in [2.24, 2.45) is 5.92 Å². The summed E-state index contributed by atoms with van der Waals surface area (Å²) in [6, 6.07) is 0.112. The molecule has 1 aromatic rings. The number of nitrogens with zero attached hydrogens (tertiary/aromatic N) is 3. The summed E-state index contributed by atoms with van der Waals surface area (Å²) in [4.78, 5) is 29.4. The van der Waals surface area contributed by atoms with Crippen molar-refractivity contribution in [2.75, 3.05) is 20.7 Å². The lowest BCUT2D eigenvalue weighted by atomic mass is 10.1. The zero-order valence-corrected chi connectivity index (χ0v) is 13.3. The topological polar surface area (TPSA) is 64.4 Å². The van der Waals surface area contributed by atoms with Crippen molar-refractivity contribution in [1.82, 2.24) is 14.5 Å². The molecule has 1 heterocycles. The largest absolute Gasteiger partial charge is 0.469 e. The third-order valence-corrected chi connectivity index (χ3v) is 3.56. The van der Waals surface area contributed by atoms with E-state index in [0.29, 0.717) is 13.0 Å². The van der Waals surface area contributed by atoms with E-state index in [-0.39, 0.29) is 23.8 Å². The molecule has 0 aliphatic rings. The Morgan fingerprint density at radius 1 is 1.43 bits per heavy atom. The monoisotopic (exact) mass is 295 g/mol. The second kappa shape index (κ2) is 8.44. The summed E-state index contributed by atoms with van der Waals surface area (Å²) in [5.74, 6) is -0.589. The molecule has 0 fully saturated rings. The average Bonchev–Trinajstić information content (AvgIpc) is 2.99. The van der Waals surface area contributed by atoms with E-state index in [4.69, 9.17) is 0 Å². The van der Waals surface area contributed by atoms with Gasteiger partial charge in [-0.3, -0.25) is 9.59 Å². The first kappa shape index (κ1) is 17.2. The zero-order valence-electron chi connectivity index (χ0n) is 13.3. The van der Waals surface area contributed by atoms with Gasteiger partial charge in [-0.05, 0) is 6.42 Å². The van der Waals surface area contributed by atoms with Crippen molar-refractivity contribution in [3.63, 3.8) is 0 Å². The van der Waals surface area contributed by atoms with Crippen LogP contribution in [0.4, 0.5) is 0 Å². The molecule has 2 atom stereocenters. The second-order valence-corrected chi connectivity index (χ2v) is 5.35. The van der Waals surface area contributed by atoms with E-state index in [1.165, 1.54) is 7.11 Å². The molecular formula is C15H25N3O3. The lowest BCUT2D eigenvalue weighted by molar-refractivity contribution is -0.146. The minimum absolute atomic E-state index is 0.0258. The normalized spacial score (nSPS) is 13.5. The van der Waals surface area contributed by atoms with E-state index >= 15 is 0 Å². The van der Waals surface area contributed by atoms with Gasteiger partial charge in [0.2, 0.25) is 5.91 Å². The van der Waals surface area contributed by atoms with Gasteiger partial charge < -0.3 is 14.2 Å². The van der Waals surface area contributed by atoms with Crippen LogP contribution in [0.25, 0.3) is 0 Å². The number of aromatic nitrogens is 2. The number of carbonyl (C=O) groups excluding carboxylic acids is 2. The zero-order chi connectivity index (χ0) is 15.8. The number of hydrogen-bond donors (Lipinski definition) is 0. The van der Waals surface area contributed by atoms with Crippen molar-refractivity contribution in [2.45, 2.75) is 39.2 Å². The molecular weight excluding hydrogens is 270 g/mol. The predicted octanol–water partition coefficient (Wildman–Crippen LogP) is 1.88. The Bertz CT molecular complexity index is 445. The number of rotatable bonds is 8. The quantitative estimate of drug-likeness (QED) is 0.687. The minimum atomic E-state index is -0.318. The van der Waals surface area contributed by atoms with Crippen LogP contribution >= 0.6 is 0 Å². The molecule has 1 rings (SSSR count). The number of methoxy groups -OCH3 is 1. The van der Waals surface area contributed by atoms with Crippen LogP contribution in [0.15, 0.2) is 18.7 Å². The Hall–Kier alpha value is -1.85. The van der Waals surface area contributed by atoms with Crippen molar-refractivity contribution >= 4 is 11.9 Å². The number of ether oxygens (including phenoxy) is 1. The van der Waals surface area contributed by atoms with E-state index in [0.717, 1.165) is 12.8 Å². The van der Waals surface area contributed by atoms with E-state index in [2.05, 4.69) is 16.6 Å². The molecule has 0 aliphatic heterocycles. The molecule has 0 saturated carbocycles. The highest BCUT2D eigenvalue weighted by Crippen LogP contribution is 2.19. The van der Waals surface area contributed by atoms with Gasteiger partial charge in [0.1, 0.15) is 0 Å². The summed E-state index contributed by atoms with van der Waals surface area (Å²) < 4.78 is 6.65. The Labute approximate surface area is 126 Å². The number of hydrogen-bond acceptors (Lipinski definition) is 4. The Kier molecular flexibility index (Phi) is 6.91. The van der Waals surface area contributed by atoms with Crippen LogP contribution in [0.5, 0.6) is 0 Å². The van der Waals surface area contributed by atoms with Crippen LogP contribution in [-0.4, -0.2) is 47.0 Å². The third-order valence-electron chi connectivity index (χ3n) is 3.56. The molecule has 0 bridgehead atoms. The first-order valence-electron chi connectivity index (χ1n) is 7.28. The van der Waals surface area contributed by atoms with Crippen molar-refractivity contribution in [3.8, 4) is 0 Å². The smallest absolute Gasteiger partial charge is 0.310 e. The second-order valence-electron chi connectivity index (χ2n) is 5.35. The molecule has 0 saturated heterocycles. The van der Waals surface area contributed by atoms with E-state index in [1.54, 1.807) is 31.4 Å². The van der Waals surface area contributed by atoms with Gasteiger partial charge in [0.05, 0.1) is 19.4 Å². The highest BCUT2D eigenvalue weighted by atomic mass is 16.5. The highest BCUT2D eigenvalue weighted by molar-refractivity contribution is 5.78. The van der Waals surface area contributed by atoms with Gasteiger partial charge in [-0.25, -0.2) is 4.98 Å². The summed E-state index contributed by atoms with van der Waals surface area (Å²) in [5.41, 5.74) is 0. The third kappa shape index (κ3) is 5.21. The SMILES string of the molecule is CCCC(CC(=O)N(C)CC(C)C(=O)OC)n1ccnc1. The lowest BCUT2D eigenvalue weighted by Gasteiger charge is -2.24. The van der Waals surface area contributed by atoms with Gasteiger partial charge in [0.25, 0.3) is 0 Å². The summed E-state index contributed by atoms with van der Waals surface area (Å²) in [6.45, 7) is 4.22. The summed E-state index contributed by atoms with van der Waals surface area (Å²) in [5, 5.41) is 0. The molecule has 0 aromatic carbocycles. The first-order valence-corrected chi connectivity index (χ1v) is 7.28. The van der Waals surface area contributed by atoms with Crippen LogP contribution < -0.4 is 0 Å². The standard InChI is InChI=1S/C15H25N3O3/c1-5-6-13(18-8-7-16-11-18)9-14(19)17(3)10-12(2)15(20)21-4/h7-8,11-13H,5-6,9-10H2,1-4H3. The van der Waals surface area contributed by atoms with Gasteiger partial charge >= 0.3 is 5.97 Å². The van der Waals surface area contributed by atoms with Gasteiger partial charge in [-0.1, -0.05) is 20.3 Å². The molecule has 0 spiro atoms. The molecule has 1 aromatic heterocycles. The maximum Gasteiger partial charge on any atom is 0.310 e. The first-order chi connectivity index (χ1) is 9.99. The molecule has 1 amide bonds. The molecule has 0 radical (unpaired) electrons. The molecule has 21 heavy (non-hydrogen) atoms. The lowest BCUT2D eigenvalue weighted by Crippen LogP contribution is -2.35. The molecule has 2 unspecified atom stereocenters. The minimum Gasteiger partial charge on any atom is -0.469 e. The summed E-state index contributed by atoms with van der Waals surface area (Å²) in [6.07, 6.45) is 7.67. The van der Waals surface area contributed by atoms with Crippen LogP contribution in [0.2, 0.25) is 0 Å². The van der Waals surface area contributed by atoms with Gasteiger partial charge in [-0.15, -0.1) is 0 Å². The molecule has 6 nitrogen and oxygen atoms in total. The van der Waals surface area contributed by atoms with Gasteiger partial charge in [-0.2, -0.15) is 0 Å². The fourth-order valence-corrected chi connectivity index (χ4v) is 2.32. The average molecular weight is 295 g/mol. The molecule has 6 heteroatoms. The van der Waals surface area contributed by atoms with E-state index < -0.39 is 0 Å². The number of esters is 1. The fraction of sp³-hybridized carbons (Fsp3) is 0.667. The maximum absolute atomic E-state index is 12.3. The Balaban J connectivity index is 2.58. The summed E-state index contributed by atoms with van der Waals surface area (Å²) in [7, 11) is 3.08. The van der Waals surface area contributed by atoms with Gasteiger partial charge in [0, 0.05) is 38.4 Å². The Morgan fingerprint density at radius 2 is 2.14 bits per heavy atom.